The van der Waals surface area contributed by atoms with Crippen LogP contribution in [0.4, 0.5) is 0 Å². The summed E-state index contributed by atoms with van der Waals surface area (Å²) in [5.41, 5.74) is 3.38. The quantitative estimate of drug-likeness (QED) is 0.942. The van der Waals surface area contributed by atoms with E-state index in [1.54, 1.807) is 6.20 Å². The van der Waals surface area contributed by atoms with Crippen molar-refractivity contribution in [3.8, 4) is 0 Å². The van der Waals surface area contributed by atoms with Gasteiger partial charge < -0.3 is 5.11 Å². The molecule has 1 fully saturated rings. The predicted octanol–water partition coefficient (Wildman–Crippen LogP) is 3.03. The van der Waals surface area contributed by atoms with Crippen molar-refractivity contribution in [2.24, 2.45) is 0 Å². The number of carbonyl (C=O) groups is 1. The van der Waals surface area contributed by atoms with Gasteiger partial charge in [0.15, 0.2) is 0 Å². The average molecular weight is 296 g/mol. The van der Waals surface area contributed by atoms with E-state index in [0.29, 0.717) is 6.42 Å². The summed E-state index contributed by atoms with van der Waals surface area (Å²) in [5, 5.41) is 9.54. The van der Waals surface area contributed by atoms with Crippen molar-refractivity contribution < 1.29 is 9.90 Å². The SMILES string of the molecule is Cc1ccccc1C(c1cccnc1)N1CCCC1C(=O)O. The highest BCUT2D eigenvalue weighted by atomic mass is 16.4. The molecule has 1 N–H and O–H groups in total. The molecule has 1 aliphatic heterocycles. The Morgan fingerprint density at radius 2 is 2.14 bits per heavy atom. The standard InChI is InChI=1S/C18H20N2O2/c1-13-6-2-3-8-15(13)17(14-7-4-10-19-12-14)20-11-5-9-16(20)18(21)22/h2-4,6-8,10,12,16-17H,5,9,11H2,1H3,(H,21,22). The number of carboxylic acids is 1. The van der Waals surface area contributed by atoms with Crippen LogP contribution in [0.5, 0.6) is 0 Å². The predicted molar refractivity (Wildman–Crippen MR) is 84.6 cm³/mol. The molecule has 4 heteroatoms. The molecule has 0 radical (unpaired) electrons. The second-order valence-electron chi connectivity index (χ2n) is 5.78. The Balaban J connectivity index is 2.08. The smallest absolute Gasteiger partial charge is 0.320 e. The second-order valence-corrected chi connectivity index (χ2v) is 5.78. The maximum atomic E-state index is 11.6. The first-order chi connectivity index (χ1) is 10.7. The lowest BCUT2D eigenvalue weighted by atomic mass is 9.94. The lowest BCUT2D eigenvalue weighted by Gasteiger charge is -2.32. The molecule has 1 aromatic carbocycles. The number of aryl methyl sites for hydroxylation is 1. The van der Waals surface area contributed by atoms with E-state index in [1.807, 2.05) is 30.5 Å². The Bertz CT molecular complexity index is 657. The van der Waals surface area contributed by atoms with E-state index >= 15 is 0 Å². The highest BCUT2D eigenvalue weighted by Gasteiger charge is 2.37. The fourth-order valence-electron chi connectivity index (χ4n) is 3.34. The maximum absolute atomic E-state index is 11.6. The normalized spacial score (nSPS) is 20.0. The minimum Gasteiger partial charge on any atom is -0.480 e. The molecule has 1 aromatic heterocycles. The lowest BCUT2D eigenvalue weighted by molar-refractivity contribution is -0.142. The average Bonchev–Trinajstić information content (AvgIpc) is 3.00. The zero-order valence-electron chi connectivity index (χ0n) is 12.6. The summed E-state index contributed by atoms with van der Waals surface area (Å²) >= 11 is 0. The molecule has 114 valence electrons. The van der Waals surface area contributed by atoms with E-state index in [9.17, 15) is 9.90 Å². The van der Waals surface area contributed by atoms with Crippen molar-refractivity contribution in [2.45, 2.75) is 31.8 Å². The van der Waals surface area contributed by atoms with Gasteiger partial charge in [-0.25, -0.2) is 0 Å². The Kier molecular flexibility index (Phi) is 4.20. The van der Waals surface area contributed by atoms with Gasteiger partial charge in [0.2, 0.25) is 0 Å². The van der Waals surface area contributed by atoms with Crippen LogP contribution in [0.2, 0.25) is 0 Å². The van der Waals surface area contributed by atoms with Gasteiger partial charge in [0.25, 0.3) is 0 Å². The van der Waals surface area contributed by atoms with Crippen molar-refractivity contribution in [2.75, 3.05) is 6.54 Å². The van der Waals surface area contributed by atoms with E-state index < -0.39 is 12.0 Å². The molecule has 0 bridgehead atoms. The van der Waals surface area contributed by atoms with Gasteiger partial charge in [0.1, 0.15) is 6.04 Å². The second kappa shape index (κ2) is 6.28. The molecule has 22 heavy (non-hydrogen) atoms. The van der Waals surface area contributed by atoms with Gasteiger partial charge >= 0.3 is 5.97 Å². The highest BCUT2D eigenvalue weighted by molar-refractivity contribution is 5.74. The summed E-state index contributed by atoms with van der Waals surface area (Å²) in [6, 6.07) is 11.6. The highest BCUT2D eigenvalue weighted by Crippen LogP contribution is 2.35. The van der Waals surface area contributed by atoms with Crippen molar-refractivity contribution in [1.82, 2.24) is 9.88 Å². The van der Waals surface area contributed by atoms with Crippen molar-refractivity contribution >= 4 is 5.97 Å². The fourth-order valence-corrected chi connectivity index (χ4v) is 3.34. The molecular weight excluding hydrogens is 276 g/mol. The van der Waals surface area contributed by atoms with Crippen molar-refractivity contribution in [1.29, 1.82) is 0 Å². The van der Waals surface area contributed by atoms with Gasteiger partial charge in [-0.1, -0.05) is 30.3 Å². The third-order valence-electron chi connectivity index (χ3n) is 4.39. The van der Waals surface area contributed by atoms with Gasteiger partial charge in [0.05, 0.1) is 6.04 Å². The van der Waals surface area contributed by atoms with Gasteiger partial charge in [-0.3, -0.25) is 14.7 Å². The van der Waals surface area contributed by atoms with E-state index in [2.05, 4.69) is 28.9 Å². The number of likely N-dealkylation sites (tertiary alicyclic amines) is 1. The number of hydrogen-bond acceptors (Lipinski definition) is 3. The minimum atomic E-state index is -0.736. The van der Waals surface area contributed by atoms with Crippen LogP contribution in [-0.4, -0.2) is 33.5 Å². The largest absolute Gasteiger partial charge is 0.480 e. The first-order valence-corrected chi connectivity index (χ1v) is 7.62. The molecule has 3 rings (SSSR count). The maximum Gasteiger partial charge on any atom is 0.320 e. The van der Waals surface area contributed by atoms with Crippen molar-refractivity contribution in [3.63, 3.8) is 0 Å². The zero-order chi connectivity index (χ0) is 15.5. The molecule has 2 heterocycles. The Labute approximate surface area is 130 Å². The van der Waals surface area contributed by atoms with Crippen LogP contribution in [-0.2, 0) is 4.79 Å². The summed E-state index contributed by atoms with van der Waals surface area (Å²) in [6.45, 7) is 2.87. The van der Waals surface area contributed by atoms with Crippen LogP contribution in [0.1, 0.15) is 35.6 Å². The van der Waals surface area contributed by atoms with Crippen LogP contribution in [0.25, 0.3) is 0 Å². The third kappa shape index (κ3) is 2.74. The van der Waals surface area contributed by atoms with Crippen LogP contribution >= 0.6 is 0 Å². The van der Waals surface area contributed by atoms with Gasteiger partial charge in [-0.15, -0.1) is 0 Å². The van der Waals surface area contributed by atoms with Crippen LogP contribution in [0, 0.1) is 6.92 Å². The monoisotopic (exact) mass is 296 g/mol. The molecule has 2 atom stereocenters. The minimum absolute atomic E-state index is 0.0569. The molecule has 1 saturated heterocycles. The first-order valence-electron chi connectivity index (χ1n) is 7.62. The number of pyridine rings is 1. The number of hydrogen-bond donors (Lipinski definition) is 1. The molecule has 4 nitrogen and oxygen atoms in total. The number of aliphatic carboxylic acids is 1. The lowest BCUT2D eigenvalue weighted by Crippen LogP contribution is -2.39. The summed E-state index contributed by atoms with van der Waals surface area (Å²) in [6.07, 6.45) is 5.21. The van der Waals surface area contributed by atoms with E-state index in [-0.39, 0.29) is 6.04 Å². The van der Waals surface area contributed by atoms with Gasteiger partial charge in [-0.05, 0) is 42.5 Å². The fraction of sp³-hybridized carbons (Fsp3) is 0.333. The van der Waals surface area contributed by atoms with Crippen LogP contribution in [0.15, 0.2) is 48.8 Å². The summed E-state index contributed by atoms with van der Waals surface area (Å²) in [4.78, 5) is 17.9. The molecule has 2 unspecified atom stereocenters. The summed E-state index contributed by atoms with van der Waals surface area (Å²) in [7, 11) is 0. The molecule has 0 saturated carbocycles. The third-order valence-corrected chi connectivity index (χ3v) is 4.39. The van der Waals surface area contributed by atoms with Gasteiger partial charge in [0, 0.05) is 18.9 Å². The number of rotatable bonds is 4. The summed E-state index contributed by atoms with van der Waals surface area (Å²) in [5.74, 6) is -0.736. The summed E-state index contributed by atoms with van der Waals surface area (Å²) < 4.78 is 0. The van der Waals surface area contributed by atoms with Crippen molar-refractivity contribution in [3.05, 3.63) is 65.5 Å². The topological polar surface area (TPSA) is 53.4 Å². The number of carboxylic acid groups (broad SMARTS) is 1. The van der Waals surface area contributed by atoms with E-state index in [4.69, 9.17) is 0 Å². The molecule has 0 spiro atoms. The molecule has 1 aliphatic rings. The van der Waals surface area contributed by atoms with Gasteiger partial charge in [-0.2, -0.15) is 0 Å². The number of aromatic nitrogens is 1. The Hall–Kier alpha value is -2.20. The zero-order valence-corrected chi connectivity index (χ0v) is 12.6. The van der Waals surface area contributed by atoms with Crippen LogP contribution < -0.4 is 0 Å². The Morgan fingerprint density at radius 1 is 1.32 bits per heavy atom. The molecular formula is C18H20N2O2. The molecule has 0 amide bonds. The first kappa shape index (κ1) is 14.7. The Morgan fingerprint density at radius 3 is 2.82 bits per heavy atom. The number of benzene rings is 1. The number of nitrogens with zero attached hydrogens (tertiary/aromatic N) is 2. The van der Waals surface area contributed by atoms with E-state index in [1.165, 1.54) is 5.56 Å². The molecule has 0 aliphatic carbocycles. The van der Waals surface area contributed by atoms with E-state index in [0.717, 1.165) is 24.1 Å². The molecule has 2 aromatic rings. The van der Waals surface area contributed by atoms with Crippen LogP contribution in [0.3, 0.4) is 0 Å².